The van der Waals surface area contributed by atoms with Crippen LogP contribution in [0, 0.1) is 0 Å². The number of carboxylic acid groups (broad SMARTS) is 2. The number of carbonyl (C=O) groups is 4. The molecule has 0 spiro atoms. The first-order valence-electron chi connectivity index (χ1n) is 17.8. The van der Waals surface area contributed by atoms with E-state index in [1.165, 1.54) is 136 Å². The molecule has 0 unspecified atom stereocenters. The number of sulfonamides is 2. The van der Waals surface area contributed by atoms with Gasteiger partial charge in [0.15, 0.2) is 0 Å². The number of carboxylic acids is 2. The Labute approximate surface area is 385 Å². The van der Waals surface area contributed by atoms with E-state index in [9.17, 15) is 36.0 Å². The summed E-state index contributed by atoms with van der Waals surface area (Å²) >= 11 is 24.1. The van der Waals surface area contributed by atoms with Gasteiger partial charge in [-0.25, -0.2) is 26.4 Å². The van der Waals surface area contributed by atoms with Gasteiger partial charge in [0.1, 0.15) is 21.3 Å². The zero-order valence-electron chi connectivity index (χ0n) is 32.9. The standard InChI is InChI=1S/2C21H16Cl2N2O6S/c2*1-31-18-9-5-14(22)11-19(18)32(29,30)25-17-10-13(4-8-16(17)23)20(26)24-15-6-2-12(3-7-15)21(27)28/h2*2-11,25H,1H3,(H,24,26)(H,27,28). The lowest BCUT2D eigenvalue weighted by Gasteiger charge is -2.14. The summed E-state index contributed by atoms with van der Waals surface area (Å²) < 4.78 is 66.4. The summed E-state index contributed by atoms with van der Waals surface area (Å²) in [6.07, 6.45) is 0. The lowest BCUT2D eigenvalue weighted by atomic mass is 10.1. The quantitative estimate of drug-likeness (QED) is 0.0598. The summed E-state index contributed by atoms with van der Waals surface area (Å²) in [7, 11) is -5.65. The van der Waals surface area contributed by atoms with Crippen molar-refractivity contribution in [3.8, 4) is 11.5 Å². The van der Waals surface area contributed by atoms with Crippen molar-refractivity contribution >= 4 is 113 Å². The van der Waals surface area contributed by atoms with Gasteiger partial charge in [0, 0.05) is 32.5 Å². The number of aromatic carboxylic acids is 2. The number of amides is 2. The van der Waals surface area contributed by atoms with E-state index in [2.05, 4.69) is 20.1 Å². The van der Waals surface area contributed by atoms with E-state index in [1.54, 1.807) is 0 Å². The average molecular weight is 991 g/mol. The summed E-state index contributed by atoms with van der Waals surface area (Å²) in [4.78, 5) is 46.6. The smallest absolute Gasteiger partial charge is 0.335 e. The SMILES string of the molecule is COc1ccc(Cl)cc1S(=O)(=O)Nc1cc(C(=O)Nc2ccc(C(=O)O)cc2)ccc1Cl.COc1ccc(Cl)cc1S(=O)(=O)Nc1cc(C(=O)Nc2ccc(C(=O)O)cc2)ccc1Cl. The van der Waals surface area contributed by atoms with E-state index in [0.717, 1.165) is 0 Å². The first kappa shape index (κ1) is 48.5. The molecule has 22 heteroatoms. The van der Waals surface area contributed by atoms with Gasteiger partial charge < -0.3 is 30.3 Å². The van der Waals surface area contributed by atoms with Crippen molar-refractivity contribution in [3.63, 3.8) is 0 Å². The predicted octanol–water partition coefficient (Wildman–Crippen LogP) is 9.51. The number of nitrogens with one attached hydrogen (secondary N) is 4. The maximum absolute atomic E-state index is 12.9. The molecule has 0 fully saturated rings. The van der Waals surface area contributed by atoms with Crippen LogP contribution in [-0.4, -0.2) is 65.0 Å². The van der Waals surface area contributed by atoms with Crippen molar-refractivity contribution in [3.05, 3.63) is 164 Å². The fraction of sp³-hybridized carbons (Fsp3) is 0.0476. The molecule has 0 aliphatic heterocycles. The lowest BCUT2D eigenvalue weighted by molar-refractivity contribution is 0.0686. The minimum atomic E-state index is -4.15. The van der Waals surface area contributed by atoms with Crippen LogP contribution in [0.1, 0.15) is 41.4 Å². The third-order valence-electron chi connectivity index (χ3n) is 8.56. The zero-order valence-corrected chi connectivity index (χ0v) is 37.5. The van der Waals surface area contributed by atoms with Crippen LogP contribution in [0.2, 0.25) is 20.1 Å². The summed E-state index contributed by atoms with van der Waals surface area (Å²) in [6, 6.07) is 27.5. The Bertz CT molecular complexity index is 2790. The number of ether oxygens (including phenoxy) is 2. The average Bonchev–Trinajstić information content (AvgIpc) is 3.25. The minimum absolute atomic E-state index is 0.0254. The molecule has 0 bridgehead atoms. The van der Waals surface area contributed by atoms with Gasteiger partial charge in [-0.1, -0.05) is 46.4 Å². The fourth-order valence-corrected chi connectivity index (χ4v) is 8.86. The molecular weight excluding hydrogens is 958 g/mol. The van der Waals surface area contributed by atoms with Crippen LogP contribution in [0.3, 0.4) is 0 Å². The third kappa shape index (κ3) is 12.3. The second-order valence-corrected chi connectivity index (χ2v) is 17.9. The number of benzene rings is 6. The molecule has 0 aliphatic rings. The Morgan fingerprint density at radius 2 is 0.797 bits per heavy atom. The highest BCUT2D eigenvalue weighted by Crippen LogP contribution is 2.33. The van der Waals surface area contributed by atoms with Crippen molar-refractivity contribution in [1.29, 1.82) is 0 Å². The normalized spacial score (nSPS) is 11.0. The second kappa shape index (κ2) is 20.8. The molecule has 0 atom stereocenters. The third-order valence-corrected chi connectivity index (χ3v) is 12.5. The summed E-state index contributed by atoms with van der Waals surface area (Å²) in [5, 5.41) is 23.6. The maximum Gasteiger partial charge on any atom is 0.335 e. The van der Waals surface area contributed by atoms with Crippen LogP contribution >= 0.6 is 46.4 Å². The van der Waals surface area contributed by atoms with Gasteiger partial charge >= 0.3 is 11.9 Å². The van der Waals surface area contributed by atoms with Crippen LogP contribution in [0.25, 0.3) is 0 Å². The highest BCUT2D eigenvalue weighted by Gasteiger charge is 2.24. The van der Waals surface area contributed by atoms with Gasteiger partial charge in [0.2, 0.25) is 0 Å². The molecule has 6 N–H and O–H groups in total. The van der Waals surface area contributed by atoms with Crippen LogP contribution in [0.5, 0.6) is 11.5 Å². The Morgan fingerprint density at radius 1 is 0.469 bits per heavy atom. The highest BCUT2D eigenvalue weighted by atomic mass is 35.5. The maximum atomic E-state index is 12.9. The van der Waals surface area contributed by atoms with Crippen LogP contribution < -0.4 is 29.6 Å². The zero-order chi connectivity index (χ0) is 46.9. The molecule has 332 valence electrons. The van der Waals surface area contributed by atoms with Gasteiger partial charge in [0.05, 0.1) is 46.8 Å². The number of carbonyl (C=O) groups excluding carboxylic acids is 2. The molecule has 0 aliphatic carbocycles. The van der Waals surface area contributed by atoms with E-state index in [-0.39, 0.29) is 75.0 Å². The topological polar surface area (TPSA) is 244 Å². The number of hydrogen-bond donors (Lipinski definition) is 6. The predicted molar refractivity (Wildman–Crippen MR) is 243 cm³/mol. The van der Waals surface area contributed by atoms with Crippen molar-refractivity contribution in [2.45, 2.75) is 9.79 Å². The number of anilines is 4. The van der Waals surface area contributed by atoms with E-state index in [1.807, 2.05) is 0 Å². The molecule has 64 heavy (non-hydrogen) atoms. The molecule has 6 aromatic carbocycles. The Balaban J connectivity index is 0.000000241. The molecule has 0 saturated carbocycles. The van der Waals surface area contributed by atoms with Crippen molar-refractivity contribution in [2.75, 3.05) is 34.3 Å². The van der Waals surface area contributed by atoms with E-state index in [0.29, 0.717) is 11.4 Å². The molecule has 0 radical (unpaired) electrons. The van der Waals surface area contributed by atoms with Gasteiger partial charge in [-0.3, -0.25) is 19.0 Å². The van der Waals surface area contributed by atoms with E-state index >= 15 is 0 Å². The van der Waals surface area contributed by atoms with E-state index in [4.69, 9.17) is 66.1 Å². The first-order chi connectivity index (χ1) is 30.2. The monoisotopic (exact) mass is 988 g/mol. The summed E-state index contributed by atoms with van der Waals surface area (Å²) in [5.41, 5.74) is 1.05. The fourth-order valence-electron chi connectivity index (χ4n) is 5.41. The highest BCUT2D eigenvalue weighted by molar-refractivity contribution is 7.93. The largest absolute Gasteiger partial charge is 0.495 e. The lowest BCUT2D eigenvalue weighted by Crippen LogP contribution is -2.16. The van der Waals surface area contributed by atoms with Crippen LogP contribution in [0.15, 0.2) is 131 Å². The summed E-state index contributed by atoms with van der Waals surface area (Å²) in [5.74, 6) is -3.12. The van der Waals surface area contributed by atoms with Crippen LogP contribution in [0.4, 0.5) is 22.7 Å². The molecule has 0 saturated heterocycles. The number of halogens is 4. The van der Waals surface area contributed by atoms with Gasteiger partial charge in [-0.2, -0.15) is 0 Å². The molecule has 6 aromatic rings. The van der Waals surface area contributed by atoms with Crippen LogP contribution in [-0.2, 0) is 20.0 Å². The second-order valence-electron chi connectivity index (χ2n) is 12.9. The van der Waals surface area contributed by atoms with Crippen molar-refractivity contribution < 1.29 is 55.7 Å². The summed E-state index contributed by atoms with van der Waals surface area (Å²) in [6.45, 7) is 0. The minimum Gasteiger partial charge on any atom is -0.495 e. The van der Waals surface area contributed by atoms with Crippen molar-refractivity contribution in [2.24, 2.45) is 0 Å². The molecule has 2 amide bonds. The molecule has 0 aromatic heterocycles. The number of methoxy groups -OCH3 is 2. The molecule has 6 rings (SSSR count). The molecular formula is C42H32Cl4N4O12S2. The number of rotatable bonds is 14. The Kier molecular flexibility index (Phi) is 15.7. The number of hydrogen-bond acceptors (Lipinski definition) is 10. The van der Waals surface area contributed by atoms with Crippen molar-refractivity contribution in [1.82, 2.24) is 0 Å². The molecule has 16 nitrogen and oxygen atoms in total. The Morgan fingerprint density at radius 3 is 1.11 bits per heavy atom. The molecule has 0 heterocycles. The Hall–Kier alpha value is -6.54. The van der Waals surface area contributed by atoms with E-state index < -0.39 is 43.8 Å². The first-order valence-corrected chi connectivity index (χ1v) is 22.3. The van der Waals surface area contributed by atoms with Gasteiger partial charge in [0.25, 0.3) is 31.9 Å². The van der Waals surface area contributed by atoms with Gasteiger partial charge in [-0.05, 0) is 121 Å². The van der Waals surface area contributed by atoms with Gasteiger partial charge in [-0.15, -0.1) is 0 Å².